The second-order valence-corrected chi connectivity index (χ2v) is 6.87. The van der Waals surface area contributed by atoms with Gasteiger partial charge in [-0.05, 0) is 37.0 Å². The first kappa shape index (κ1) is 16.0. The van der Waals surface area contributed by atoms with Gasteiger partial charge in [-0.25, -0.2) is 0 Å². The first-order valence-corrected chi connectivity index (χ1v) is 8.76. The van der Waals surface area contributed by atoms with E-state index in [1.807, 2.05) is 18.3 Å². The minimum Gasteiger partial charge on any atom is -0.424 e. The predicted molar refractivity (Wildman–Crippen MR) is 94.2 cm³/mol. The minimum absolute atomic E-state index is 0.433. The van der Waals surface area contributed by atoms with E-state index in [9.17, 15) is 0 Å². The first-order valence-electron chi connectivity index (χ1n) is 8.76. The molecule has 2 aromatic heterocycles. The number of rotatable bonds is 5. The summed E-state index contributed by atoms with van der Waals surface area (Å²) in [5.41, 5.74) is 3.68. The van der Waals surface area contributed by atoms with Gasteiger partial charge in [0.05, 0.1) is 25.2 Å². The van der Waals surface area contributed by atoms with Crippen LogP contribution in [0.3, 0.4) is 0 Å². The maximum Gasteiger partial charge on any atom is 0.230 e. The van der Waals surface area contributed by atoms with Crippen molar-refractivity contribution in [2.24, 2.45) is 0 Å². The molecule has 1 fully saturated rings. The Bertz CT molecular complexity index is 853. The highest BCUT2D eigenvalue weighted by Gasteiger charge is 2.25. The monoisotopic (exact) mass is 337 g/mol. The largest absolute Gasteiger partial charge is 0.424 e. The maximum atomic E-state index is 5.86. The van der Waals surface area contributed by atoms with E-state index in [4.69, 9.17) is 4.42 Å². The van der Waals surface area contributed by atoms with Gasteiger partial charge in [-0.2, -0.15) is 5.10 Å². The fourth-order valence-corrected chi connectivity index (χ4v) is 3.39. The Morgan fingerprint density at radius 2 is 2.00 bits per heavy atom. The molecule has 1 aromatic carbocycles. The molecule has 0 bridgehead atoms. The number of likely N-dealkylation sites (tertiary alicyclic amines) is 1. The SMILES string of the molecule is Cc1cnn(C2CCN(Cc3nnc(Cc4ccccc4C)o3)C2)c1. The topological polar surface area (TPSA) is 60.0 Å². The van der Waals surface area contributed by atoms with Gasteiger partial charge in [-0.3, -0.25) is 9.58 Å². The lowest BCUT2D eigenvalue weighted by atomic mass is 10.1. The van der Waals surface area contributed by atoms with Crippen LogP contribution in [0.15, 0.2) is 41.1 Å². The zero-order valence-corrected chi connectivity index (χ0v) is 14.7. The van der Waals surface area contributed by atoms with E-state index in [1.165, 1.54) is 16.7 Å². The Labute approximate surface area is 147 Å². The molecule has 1 atom stereocenters. The van der Waals surface area contributed by atoms with Crippen LogP contribution in [-0.2, 0) is 13.0 Å². The highest BCUT2D eigenvalue weighted by molar-refractivity contribution is 5.27. The van der Waals surface area contributed by atoms with Gasteiger partial charge in [-0.1, -0.05) is 24.3 Å². The summed E-state index contributed by atoms with van der Waals surface area (Å²) in [4.78, 5) is 2.35. The molecule has 6 heteroatoms. The van der Waals surface area contributed by atoms with E-state index < -0.39 is 0 Å². The van der Waals surface area contributed by atoms with Crippen LogP contribution in [0.5, 0.6) is 0 Å². The molecule has 3 heterocycles. The molecule has 130 valence electrons. The van der Waals surface area contributed by atoms with Gasteiger partial charge in [0.2, 0.25) is 11.8 Å². The molecule has 0 spiro atoms. The fourth-order valence-electron chi connectivity index (χ4n) is 3.39. The summed E-state index contributed by atoms with van der Waals surface area (Å²) < 4.78 is 7.94. The summed E-state index contributed by atoms with van der Waals surface area (Å²) in [5.74, 6) is 1.38. The number of hydrogen-bond acceptors (Lipinski definition) is 5. The van der Waals surface area contributed by atoms with Crippen molar-refractivity contribution in [2.75, 3.05) is 13.1 Å². The summed E-state index contributed by atoms with van der Waals surface area (Å²) in [6, 6.07) is 8.73. The van der Waals surface area contributed by atoms with Crippen LogP contribution < -0.4 is 0 Å². The third kappa shape index (κ3) is 3.64. The molecule has 0 radical (unpaired) electrons. The van der Waals surface area contributed by atoms with E-state index >= 15 is 0 Å². The van der Waals surface area contributed by atoms with Crippen molar-refractivity contribution in [1.82, 2.24) is 24.9 Å². The van der Waals surface area contributed by atoms with Crippen molar-refractivity contribution in [2.45, 2.75) is 39.3 Å². The molecule has 1 saturated heterocycles. The Hall–Kier alpha value is -2.47. The number of aryl methyl sites for hydroxylation is 2. The molecule has 6 nitrogen and oxygen atoms in total. The van der Waals surface area contributed by atoms with Crippen LogP contribution >= 0.6 is 0 Å². The molecule has 4 rings (SSSR count). The minimum atomic E-state index is 0.433. The fraction of sp³-hybridized carbons (Fsp3) is 0.421. The second-order valence-electron chi connectivity index (χ2n) is 6.87. The lowest BCUT2D eigenvalue weighted by molar-refractivity contribution is 0.274. The van der Waals surface area contributed by atoms with Gasteiger partial charge in [0.1, 0.15) is 0 Å². The van der Waals surface area contributed by atoms with Crippen LogP contribution in [0.2, 0.25) is 0 Å². The predicted octanol–water partition coefficient (Wildman–Crippen LogP) is 2.92. The highest BCUT2D eigenvalue weighted by atomic mass is 16.4. The van der Waals surface area contributed by atoms with Gasteiger partial charge < -0.3 is 4.42 Å². The van der Waals surface area contributed by atoms with Gasteiger partial charge >= 0.3 is 0 Å². The van der Waals surface area contributed by atoms with Gasteiger partial charge in [0.15, 0.2) is 0 Å². The summed E-state index contributed by atoms with van der Waals surface area (Å²) in [5, 5.41) is 12.9. The normalized spacial score (nSPS) is 18.1. The smallest absolute Gasteiger partial charge is 0.230 e. The molecule has 0 aliphatic carbocycles. The number of benzene rings is 1. The Kier molecular flexibility index (Phi) is 4.36. The lowest BCUT2D eigenvalue weighted by Gasteiger charge is -2.13. The second kappa shape index (κ2) is 6.80. The number of hydrogen-bond donors (Lipinski definition) is 0. The quantitative estimate of drug-likeness (QED) is 0.716. The molecule has 1 aliphatic rings. The molecule has 1 aliphatic heterocycles. The van der Waals surface area contributed by atoms with E-state index in [0.29, 0.717) is 30.8 Å². The van der Waals surface area contributed by atoms with Crippen molar-refractivity contribution in [3.8, 4) is 0 Å². The summed E-state index contributed by atoms with van der Waals surface area (Å²) in [6.45, 7) is 6.88. The lowest BCUT2D eigenvalue weighted by Crippen LogP contribution is -2.21. The van der Waals surface area contributed by atoms with Crippen LogP contribution in [0.25, 0.3) is 0 Å². The molecule has 1 unspecified atom stereocenters. The molecule has 0 saturated carbocycles. The highest BCUT2D eigenvalue weighted by Crippen LogP contribution is 2.23. The molecular formula is C19H23N5O. The van der Waals surface area contributed by atoms with Crippen LogP contribution in [0.1, 0.15) is 40.9 Å². The van der Waals surface area contributed by atoms with Crippen molar-refractivity contribution in [1.29, 1.82) is 0 Å². The average molecular weight is 337 g/mol. The molecule has 0 N–H and O–H groups in total. The van der Waals surface area contributed by atoms with E-state index in [1.54, 1.807) is 0 Å². The van der Waals surface area contributed by atoms with Gasteiger partial charge in [-0.15, -0.1) is 10.2 Å². The Morgan fingerprint density at radius 1 is 1.16 bits per heavy atom. The van der Waals surface area contributed by atoms with Crippen LogP contribution in [-0.4, -0.2) is 38.0 Å². The maximum absolute atomic E-state index is 5.86. The van der Waals surface area contributed by atoms with E-state index in [0.717, 1.165) is 19.5 Å². The standard InChI is InChI=1S/C19H23N5O/c1-14-10-20-24(11-14)17-7-8-23(12-17)13-19-22-21-18(25-19)9-16-6-4-3-5-15(16)2/h3-6,10-11,17H,7-9,12-13H2,1-2H3. The summed E-state index contributed by atoms with van der Waals surface area (Å²) in [7, 11) is 0. The number of nitrogens with zero attached hydrogens (tertiary/aromatic N) is 5. The summed E-state index contributed by atoms with van der Waals surface area (Å²) in [6.07, 6.45) is 5.82. The van der Waals surface area contributed by atoms with Crippen molar-refractivity contribution in [3.63, 3.8) is 0 Å². The third-order valence-corrected chi connectivity index (χ3v) is 4.82. The van der Waals surface area contributed by atoms with Gasteiger partial charge in [0.25, 0.3) is 0 Å². The van der Waals surface area contributed by atoms with Crippen LogP contribution in [0, 0.1) is 13.8 Å². The zero-order chi connectivity index (χ0) is 17.2. The van der Waals surface area contributed by atoms with Crippen LogP contribution in [0.4, 0.5) is 0 Å². The Morgan fingerprint density at radius 3 is 2.80 bits per heavy atom. The average Bonchev–Trinajstić information content (AvgIpc) is 3.32. The molecule has 25 heavy (non-hydrogen) atoms. The van der Waals surface area contributed by atoms with Crippen molar-refractivity contribution < 1.29 is 4.42 Å². The Balaban J connectivity index is 1.36. The third-order valence-electron chi connectivity index (χ3n) is 4.82. The summed E-state index contributed by atoms with van der Waals surface area (Å²) >= 11 is 0. The van der Waals surface area contributed by atoms with Crippen molar-refractivity contribution in [3.05, 3.63) is 65.1 Å². The molecule has 0 amide bonds. The van der Waals surface area contributed by atoms with E-state index in [-0.39, 0.29) is 0 Å². The van der Waals surface area contributed by atoms with Crippen molar-refractivity contribution >= 4 is 0 Å². The van der Waals surface area contributed by atoms with E-state index in [2.05, 4.69) is 57.1 Å². The molecular weight excluding hydrogens is 314 g/mol. The van der Waals surface area contributed by atoms with Gasteiger partial charge in [0, 0.05) is 19.3 Å². The first-order chi connectivity index (χ1) is 12.2. The molecule has 3 aromatic rings. The zero-order valence-electron chi connectivity index (χ0n) is 14.7. The number of aromatic nitrogens is 4.